The fourth-order valence-electron chi connectivity index (χ4n) is 2.96. The van der Waals surface area contributed by atoms with Gasteiger partial charge in [0, 0.05) is 12.6 Å². The topological polar surface area (TPSA) is 41.1 Å². The normalized spacial score (nSPS) is 24.9. The largest absolute Gasteiger partial charge is 0.382 e. The summed E-state index contributed by atoms with van der Waals surface area (Å²) in [7, 11) is 0. The molecule has 1 aromatic rings. The summed E-state index contributed by atoms with van der Waals surface area (Å²) in [5.74, 6) is 0.540. The molecular formula is C17H25FN2O. The van der Waals surface area contributed by atoms with Crippen molar-refractivity contribution in [3.05, 3.63) is 29.6 Å². The van der Waals surface area contributed by atoms with Gasteiger partial charge in [-0.15, -0.1) is 0 Å². The van der Waals surface area contributed by atoms with Gasteiger partial charge in [0.2, 0.25) is 0 Å². The quantitative estimate of drug-likeness (QED) is 0.866. The van der Waals surface area contributed by atoms with Gasteiger partial charge in [0.15, 0.2) is 0 Å². The minimum atomic E-state index is -0.371. The van der Waals surface area contributed by atoms with E-state index in [1.807, 2.05) is 6.92 Å². The predicted molar refractivity (Wildman–Crippen MR) is 84.0 cm³/mol. The Bertz CT molecular complexity index is 504. The van der Waals surface area contributed by atoms with E-state index in [0.29, 0.717) is 29.6 Å². The molecule has 1 aliphatic rings. The molecule has 1 amide bonds. The van der Waals surface area contributed by atoms with Crippen LogP contribution in [-0.2, 0) is 0 Å². The number of halogens is 1. The Morgan fingerprint density at radius 3 is 2.71 bits per heavy atom. The van der Waals surface area contributed by atoms with E-state index in [9.17, 15) is 9.18 Å². The Kier molecular flexibility index (Phi) is 5.21. The van der Waals surface area contributed by atoms with Crippen LogP contribution in [0.5, 0.6) is 0 Å². The van der Waals surface area contributed by atoms with Gasteiger partial charge in [0.25, 0.3) is 5.91 Å². The van der Waals surface area contributed by atoms with Crippen molar-refractivity contribution >= 4 is 11.6 Å². The third-order valence-corrected chi connectivity index (χ3v) is 4.59. The van der Waals surface area contributed by atoms with Crippen molar-refractivity contribution in [2.75, 3.05) is 11.9 Å². The van der Waals surface area contributed by atoms with E-state index in [4.69, 9.17) is 0 Å². The Morgan fingerprint density at radius 2 is 2.10 bits per heavy atom. The fraction of sp³-hybridized carbons (Fsp3) is 0.588. The molecule has 1 saturated carbocycles. The first-order valence-corrected chi connectivity index (χ1v) is 7.87. The molecule has 116 valence electrons. The van der Waals surface area contributed by atoms with Crippen LogP contribution >= 0.6 is 0 Å². The van der Waals surface area contributed by atoms with Gasteiger partial charge in [0.1, 0.15) is 5.82 Å². The molecule has 4 heteroatoms. The highest BCUT2D eigenvalue weighted by Crippen LogP contribution is 2.31. The molecule has 1 fully saturated rings. The van der Waals surface area contributed by atoms with Crippen LogP contribution in [0.2, 0.25) is 0 Å². The predicted octanol–water partition coefficient (Wildman–Crippen LogP) is 3.81. The first-order chi connectivity index (χ1) is 10.0. The lowest BCUT2D eigenvalue weighted by Crippen LogP contribution is -2.37. The number of benzene rings is 1. The van der Waals surface area contributed by atoms with Crippen molar-refractivity contribution in [1.82, 2.24) is 5.32 Å². The van der Waals surface area contributed by atoms with Crippen LogP contribution in [0.3, 0.4) is 0 Å². The van der Waals surface area contributed by atoms with Crippen LogP contribution < -0.4 is 10.6 Å². The maximum absolute atomic E-state index is 13.9. The molecule has 0 aliphatic heterocycles. The second-order valence-corrected chi connectivity index (χ2v) is 6.08. The number of carbonyl (C=O) groups excluding carboxylic acids is 1. The highest BCUT2D eigenvalue weighted by Gasteiger charge is 2.31. The SMILES string of the molecule is CCCNc1c(F)cccc1C(=O)NC1CCC(C)C1C. The molecule has 21 heavy (non-hydrogen) atoms. The van der Waals surface area contributed by atoms with Gasteiger partial charge in [-0.2, -0.15) is 0 Å². The summed E-state index contributed by atoms with van der Waals surface area (Å²) in [5.41, 5.74) is 0.714. The average Bonchev–Trinajstić information content (AvgIpc) is 2.77. The van der Waals surface area contributed by atoms with E-state index in [2.05, 4.69) is 24.5 Å². The van der Waals surface area contributed by atoms with E-state index in [1.54, 1.807) is 12.1 Å². The number of amides is 1. The van der Waals surface area contributed by atoms with Gasteiger partial charge in [-0.1, -0.05) is 26.8 Å². The highest BCUT2D eigenvalue weighted by atomic mass is 19.1. The molecular weight excluding hydrogens is 267 g/mol. The maximum atomic E-state index is 13.9. The van der Waals surface area contributed by atoms with Crippen LogP contribution in [0.1, 0.15) is 50.4 Å². The van der Waals surface area contributed by atoms with Crippen molar-refractivity contribution in [3.63, 3.8) is 0 Å². The van der Waals surface area contributed by atoms with E-state index < -0.39 is 0 Å². The molecule has 0 spiro atoms. The zero-order chi connectivity index (χ0) is 15.4. The van der Waals surface area contributed by atoms with E-state index in [-0.39, 0.29) is 17.8 Å². The van der Waals surface area contributed by atoms with E-state index in [1.165, 1.54) is 6.07 Å². The number of hydrogen-bond acceptors (Lipinski definition) is 2. The van der Waals surface area contributed by atoms with Crippen LogP contribution in [0.15, 0.2) is 18.2 Å². The third kappa shape index (κ3) is 3.55. The lowest BCUT2D eigenvalue weighted by Gasteiger charge is -2.21. The molecule has 0 aromatic heterocycles. The van der Waals surface area contributed by atoms with Crippen molar-refractivity contribution in [1.29, 1.82) is 0 Å². The molecule has 3 unspecified atom stereocenters. The molecule has 0 bridgehead atoms. The van der Waals surface area contributed by atoms with Gasteiger partial charge in [0.05, 0.1) is 11.3 Å². The Morgan fingerprint density at radius 1 is 1.33 bits per heavy atom. The lowest BCUT2D eigenvalue weighted by atomic mass is 9.97. The molecule has 1 aromatic carbocycles. The van der Waals surface area contributed by atoms with Gasteiger partial charge >= 0.3 is 0 Å². The van der Waals surface area contributed by atoms with Crippen LogP contribution in [0, 0.1) is 17.7 Å². The second kappa shape index (κ2) is 6.92. The molecule has 3 atom stereocenters. The minimum absolute atomic E-state index is 0.181. The second-order valence-electron chi connectivity index (χ2n) is 6.08. The van der Waals surface area contributed by atoms with Crippen molar-refractivity contribution in [3.8, 4) is 0 Å². The lowest BCUT2D eigenvalue weighted by molar-refractivity contribution is 0.0928. The van der Waals surface area contributed by atoms with Gasteiger partial charge in [-0.25, -0.2) is 4.39 Å². The smallest absolute Gasteiger partial charge is 0.253 e. The molecule has 2 N–H and O–H groups in total. The molecule has 0 radical (unpaired) electrons. The summed E-state index contributed by atoms with van der Waals surface area (Å²) in [6.45, 7) is 7.05. The summed E-state index contributed by atoms with van der Waals surface area (Å²) in [6, 6.07) is 4.84. The summed E-state index contributed by atoms with van der Waals surface area (Å²) in [4.78, 5) is 12.5. The molecule has 2 rings (SSSR count). The van der Waals surface area contributed by atoms with Gasteiger partial charge in [-0.3, -0.25) is 4.79 Å². The third-order valence-electron chi connectivity index (χ3n) is 4.59. The summed E-state index contributed by atoms with van der Waals surface area (Å²) < 4.78 is 13.9. The summed E-state index contributed by atoms with van der Waals surface area (Å²) >= 11 is 0. The van der Waals surface area contributed by atoms with Crippen molar-refractivity contribution in [2.45, 2.75) is 46.1 Å². The van der Waals surface area contributed by atoms with Gasteiger partial charge in [-0.05, 0) is 43.2 Å². The fourth-order valence-corrected chi connectivity index (χ4v) is 2.96. The number of rotatable bonds is 5. The molecule has 1 aliphatic carbocycles. The Labute approximate surface area is 126 Å². The van der Waals surface area contributed by atoms with E-state index in [0.717, 1.165) is 19.3 Å². The Balaban J connectivity index is 2.13. The average molecular weight is 292 g/mol. The number of carbonyl (C=O) groups is 1. The summed E-state index contributed by atoms with van der Waals surface area (Å²) in [5, 5.41) is 6.09. The summed E-state index contributed by atoms with van der Waals surface area (Å²) in [6.07, 6.45) is 3.02. The van der Waals surface area contributed by atoms with E-state index >= 15 is 0 Å². The first kappa shape index (κ1) is 15.8. The molecule has 0 saturated heterocycles. The van der Waals surface area contributed by atoms with Gasteiger partial charge < -0.3 is 10.6 Å². The number of para-hydroxylation sites is 1. The number of nitrogens with one attached hydrogen (secondary N) is 2. The maximum Gasteiger partial charge on any atom is 0.253 e. The minimum Gasteiger partial charge on any atom is -0.382 e. The molecule has 0 heterocycles. The zero-order valence-corrected chi connectivity index (χ0v) is 13.1. The van der Waals surface area contributed by atoms with Crippen LogP contribution in [-0.4, -0.2) is 18.5 Å². The van der Waals surface area contributed by atoms with Crippen LogP contribution in [0.4, 0.5) is 10.1 Å². The highest BCUT2D eigenvalue weighted by molar-refractivity contribution is 5.99. The first-order valence-electron chi connectivity index (χ1n) is 7.87. The number of hydrogen-bond donors (Lipinski definition) is 2. The number of anilines is 1. The van der Waals surface area contributed by atoms with Crippen LogP contribution in [0.25, 0.3) is 0 Å². The monoisotopic (exact) mass is 292 g/mol. The molecule has 3 nitrogen and oxygen atoms in total. The van der Waals surface area contributed by atoms with Crippen molar-refractivity contribution in [2.24, 2.45) is 11.8 Å². The Hall–Kier alpha value is -1.58. The standard InChI is InChI=1S/C17H25FN2O/c1-4-10-19-16-13(6-5-7-14(16)18)17(21)20-15-9-8-11(2)12(15)3/h5-7,11-12,15,19H,4,8-10H2,1-3H3,(H,20,21). The van der Waals surface area contributed by atoms with Crippen molar-refractivity contribution < 1.29 is 9.18 Å². The zero-order valence-electron chi connectivity index (χ0n) is 13.1.